The van der Waals surface area contributed by atoms with Gasteiger partial charge in [-0.1, -0.05) is 29.3 Å². The van der Waals surface area contributed by atoms with Crippen LogP contribution in [0.15, 0.2) is 18.2 Å². The highest BCUT2D eigenvalue weighted by atomic mass is 35.5. The van der Waals surface area contributed by atoms with Crippen molar-refractivity contribution in [1.29, 1.82) is 0 Å². The summed E-state index contributed by atoms with van der Waals surface area (Å²) in [5.41, 5.74) is 0.870. The number of ether oxygens (including phenoxy) is 1. The lowest BCUT2D eigenvalue weighted by molar-refractivity contribution is -0.140. The molecule has 1 aromatic rings. The van der Waals surface area contributed by atoms with E-state index in [1.165, 1.54) is 7.11 Å². The normalized spacial score (nSPS) is 12.2. The maximum Gasteiger partial charge on any atom is 0.307 e. The van der Waals surface area contributed by atoms with Crippen LogP contribution in [0.4, 0.5) is 0 Å². The van der Waals surface area contributed by atoms with E-state index >= 15 is 0 Å². The lowest BCUT2D eigenvalue weighted by atomic mass is 10.1. The summed E-state index contributed by atoms with van der Waals surface area (Å²) in [6.45, 7) is 0. The fraction of sp³-hybridized carbons (Fsp3) is 0.364. The molecule has 0 radical (unpaired) electrons. The summed E-state index contributed by atoms with van der Waals surface area (Å²) in [4.78, 5) is 11.0. The molecular weight excluding hydrogens is 270 g/mol. The van der Waals surface area contributed by atoms with Crippen LogP contribution in [-0.4, -0.2) is 18.5 Å². The van der Waals surface area contributed by atoms with Gasteiger partial charge in [-0.05, 0) is 24.1 Å². The molecule has 0 bridgehead atoms. The molecule has 0 saturated carbocycles. The second-order valence-corrected chi connectivity index (χ2v) is 4.78. The predicted octanol–water partition coefficient (Wildman–Crippen LogP) is 3.71. The number of alkyl halides is 1. The molecule has 0 heterocycles. The van der Waals surface area contributed by atoms with E-state index in [9.17, 15) is 4.79 Å². The van der Waals surface area contributed by atoms with Crippen LogP contribution >= 0.6 is 34.8 Å². The molecule has 1 unspecified atom stereocenters. The molecule has 0 saturated heterocycles. The third kappa shape index (κ3) is 4.20. The Morgan fingerprint density at radius 3 is 2.69 bits per heavy atom. The van der Waals surface area contributed by atoms with Gasteiger partial charge in [-0.15, -0.1) is 11.6 Å². The minimum Gasteiger partial charge on any atom is -0.469 e. The number of methoxy groups -OCH3 is 1. The van der Waals surface area contributed by atoms with E-state index in [0.717, 1.165) is 5.56 Å². The average Bonchev–Trinajstić information content (AvgIpc) is 2.22. The van der Waals surface area contributed by atoms with Crippen LogP contribution in [0.25, 0.3) is 0 Å². The fourth-order valence-corrected chi connectivity index (χ4v) is 2.04. The van der Waals surface area contributed by atoms with Crippen LogP contribution < -0.4 is 0 Å². The van der Waals surface area contributed by atoms with Crippen molar-refractivity contribution in [2.75, 3.05) is 7.11 Å². The molecule has 0 aliphatic heterocycles. The largest absolute Gasteiger partial charge is 0.469 e. The van der Waals surface area contributed by atoms with Crippen LogP contribution in [0.5, 0.6) is 0 Å². The van der Waals surface area contributed by atoms with Crippen molar-refractivity contribution in [3.8, 4) is 0 Å². The first kappa shape index (κ1) is 13.6. The summed E-state index contributed by atoms with van der Waals surface area (Å²) < 4.78 is 4.53. The second-order valence-electron chi connectivity index (χ2n) is 3.32. The molecule has 0 aromatic heterocycles. The van der Waals surface area contributed by atoms with Crippen molar-refractivity contribution in [2.45, 2.75) is 18.2 Å². The zero-order valence-corrected chi connectivity index (χ0v) is 10.9. The van der Waals surface area contributed by atoms with E-state index in [0.29, 0.717) is 16.5 Å². The van der Waals surface area contributed by atoms with Gasteiger partial charge in [0, 0.05) is 15.4 Å². The molecule has 1 atom stereocenters. The first-order chi connectivity index (χ1) is 7.52. The van der Waals surface area contributed by atoms with Gasteiger partial charge in [0.05, 0.1) is 13.5 Å². The van der Waals surface area contributed by atoms with Gasteiger partial charge in [-0.3, -0.25) is 4.79 Å². The van der Waals surface area contributed by atoms with Gasteiger partial charge in [0.15, 0.2) is 0 Å². The van der Waals surface area contributed by atoms with Crippen LogP contribution in [-0.2, 0) is 16.0 Å². The Morgan fingerprint density at radius 1 is 1.44 bits per heavy atom. The van der Waals surface area contributed by atoms with Crippen LogP contribution in [0.2, 0.25) is 10.0 Å². The van der Waals surface area contributed by atoms with Crippen molar-refractivity contribution in [2.24, 2.45) is 0 Å². The first-order valence-corrected chi connectivity index (χ1v) is 5.87. The molecular formula is C11H11Cl3O2. The number of hydrogen-bond donors (Lipinski definition) is 0. The summed E-state index contributed by atoms with van der Waals surface area (Å²) >= 11 is 17.8. The lowest BCUT2D eigenvalue weighted by Crippen LogP contribution is -2.12. The number of esters is 1. The van der Waals surface area contributed by atoms with Gasteiger partial charge in [0.25, 0.3) is 0 Å². The molecule has 0 aliphatic rings. The quantitative estimate of drug-likeness (QED) is 0.621. The van der Waals surface area contributed by atoms with E-state index < -0.39 is 0 Å². The van der Waals surface area contributed by atoms with Gasteiger partial charge in [-0.2, -0.15) is 0 Å². The van der Waals surface area contributed by atoms with Gasteiger partial charge in [0.2, 0.25) is 0 Å². The molecule has 88 valence electrons. The van der Waals surface area contributed by atoms with Crippen molar-refractivity contribution >= 4 is 40.8 Å². The van der Waals surface area contributed by atoms with E-state index in [2.05, 4.69) is 4.74 Å². The lowest BCUT2D eigenvalue weighted by Gasteiger charge is -2.09. The SMILES string of the molecule is COC(=O)CC(Cl)Cc1ccc(Cl)cc1Cl. The highest BCUT2D eigenvalue weighted by Gasteiger charge is 2.13. The average molecular weight is 282 g/mol. The minimum absolute atomic E-state index is 0.164. The predicted molar refractivity (Wildman–Crippen MR) is 66.4 cm³/mol. The van der Waals surface area contributed by atoms with E-state index in [1.807, 2.05) is 0 Å². The highest BCUT2D eigenvalue weighted by molar-refractivity contribution is 6.35. The van der Waals surface area contributed by atoms with Gasteiger partial charge >= 0.3 is 5.97 Å². The molecule has 0 amide bonds. The molecule has 0 N–H and O–H groups in total. The molecule has 0 aliphatic carbocycles. The Hall–Kier alpha value is -0.440. The van der Waals surface area contributed by atoms with Gasteiger partial charge in [-0.25, -0.2) is 0 Å². The monoisotopic (exact) mass is 280 g/mol. The smallest absolute Gasteiger partial charge is 0.307 e. The minimum atomic E-state index is -0.329. The topological polar surface area (TPSA) is 26.3 Å². The van der Waals surface area contributed by atoms with Crippen LogP contribution in [0.3, 0.4) is 0 Å². The molecule has 1 aromatic carbocycles. The Kier molecular flexibility index (Phi) is 5.39. The number of rotatable bonds is 4. The summed E-state index contributed by atoms with van der Waals surface area (Å²) in [6.07, 6.45) is 0.670. The summed E-state index contributed by atoms with van der Waals surface area (Å²) in [6, 6.07) is 5.20. The zero-order valence-electron chi connectivity index (χ0n) is 8.67. The Balaban J connectivity index is 2.62. The number of hydrogen-bond acceptors (Lipinski definition) is 2. The summed E-state index contributed by atoms with van der Waals surface area (Å²) in [5.74, 6) is -0.329. The standard InChI is InChI=1S/C11H11Cl3O2/c1-16-11(15)6-9(13)4-7-2-3-8(12)5-10(7)14/h2-3,5,9H,4,6H2,1H3. The molecule has 0 spiro atoms. The third-order valence-electron chi connectivity index (χ3n) is 2.07. The fourth-order valence-electron chi connectivity index (χ4n) is 1.26. The summed E-state index contributed by atoms with van der Waals surface area (Å²) in [5, 5.41) is 0.807. The maximum atomic E-state index is 11.0. The molecule has 0 fully saturated rings. The highest BCUT2D eigenvalue weighted by Crippen LogP contribution is 2.24. The van der Waals surface area contributed by atoms with Crippen molar-refractivity contribution in [3.05, 3.63) is 33.8 Å². The summed E-state index contributed by atoms with van der Waals surface area (Å²) in [7, 11) is 1.33. The van der Waals surface area contributed by atoms with Crippen molar-refractivity contribution in [3.63, 3.8) is 0 Å². The molecule has 1 rings (SSSR count). The van der Waals surface area contributed by atoms with Crippen LogP contribution in [0, 0.1) is 0 Å². The first-order valence-electron chi connectivity index (χ1n) is 4.67. The zero-order chi connectivity index (χ0) is 12.1. The van der Waals surface area contributed by atoms with E-state index in [4.69, 9.17) is 34.8 Å². The second kappa shape index (κ2) is 6.33. The van der Waals surface area contributed by atoms with Crippen LogP contribution in [0.1, 0.15) is 12.0 Å². The number of benzene rings is 1. The Bertz CT molecular complexity index is 379. The van der Waals surface area contributed by atoms with Gasteiger partial charge < -0.3 is 4.74 Å². The maximum absolute atomic E-state index is 11.0. The third-order valence-corrected chi connectivity index (χ3v) is 2.97. The number of carbonyl (C=O) groups is 1. The molecule has 16 heavy (non-hydrogen) atoms. The number of carbonyl (C=O) groups excluding carboxylic acids is 1. The number of halogens is 3. The van der Waals surface area contributed by atoms with E-state index in [-0.39, 0.29) is 17.8 Å². The molecule has 2 nitrogen and oxygen atoms in total. The van der Waals surface area contributed by atoms with Gasteiger partial charge in [0.1, 0.15) is 0 Å². The molecule has 5 heteroatoms. The van der Waals surface area contributed by atoms with E-state index in [1.54, 1.807) is 18.2 Å². The Morgan fingerprint density at radius 2 is 2.12 bits per heavy atom. The van der Waals surface area contributed by atoms with Crippen molar-refractivity contribution in [1.82, 2.24) is 0 Å². The van der Waals surface area contributed by atoms with Crippen molar-refractivity contribution < 1.29 is 9.53 Å². The Labute approximate surface area is 109 Å².